The van der Waals surface area contributed by atoms with E-state index in [1.54, 1.807) is 5.57 Å². The Morgan fingerprint density at radius 3 is 2.10 bits per heavy atom. The molecule has 0 aromatic heterocycles. The minimum atomic E-state index is 0. The van der Waals surface area contributed by atoms with Crippen molar-refractivity contribution in [3.05, 3.63) is 23.8 Å². The van der Waals surface area contributed by atoms with Crippen molar-refractivity contribution in [3.63, 3.8) is 0 Å². The molecular formula is C9H14Na. The monoisotopic (exact) mass is 145 g/mol. The van der Waals surface area contributed by atoms with Gasteiger partial charge >= 0.3 is 0 Å². The Kier molecular flexibility index (Phi) is 3.93. The summed E-state index contributed by atoms with van der Waals surface area (Å²) in [6, 6.07) is 0. The van der Waals surface area contributed by atoms with Gasteiger partial charge in [-0.05, 0) is 11.8 Å². The first-order valence-corrected chi connectivity index (χ1v) is 3.47. The molecule has 0 bridgehead atoms. The zero-order chi connectivity index (χ0) is 6.91. The van der Waals surface area contributed by atoms with Gasteiger partial charge in [-0.1, -0.05) is 44.6 Å². The zero-order valence-electron chi connectivity index (χ0n) is 7.44. The summed E-state index contributed by atoms with van der Waals surface area (Å²) in [5.74, 6) is 0. The standard InChI is InChI=1S/C9H14.Na/c1-9(2,3)8-6-4-5-7-8;/h4-6H,7H2,1-3H3;. The van der Waals surface area contributed by atoms with Crippen molar-refractivity contribution >= 4 is 29.6 Å². The fourth-order valence-electron chi connectivity index (χ4n) is 1.00. The van der Waals surface area contributed by atoms with Crippen LogP contribution in [0.4, 0.5) is 0 Å². The summed E-state index contributed by atoms with van der Waals surface area (Å²) in [7, 11) is 0. The summed E-state index contributed by atoms with van der Waals surface area (Å²) in [6.07, 6.45) is 7.73. The Hall–Kier alpha value is 0.480. The Morgan fingerprint density at radius 1 is 1.30 bits per heavy atom. The van der Waals surface area contributed by atoms with Crippen molar-refractivity contribution in [2.75, 3.05) is 0 Å². The van der Waals surface area contributed by atoms with Gasteiger partial charge in [0.1, 0.15) is 0 Å². The van der Waals surface area contributed by atoms with E-state index in [2.05, 4.69) is 39.0 Å². The van der Waals surface area contributed by atoms with Gasteiger partial charge in [0, 0.05) is 29.6 Å². The van der Waals surface area contributed by atoms with Crippen LogP contribution in [0.15, 0.2) is 23.8 Å². The van der Waals surface area contributed by atoms with Crippen LogP contribution in [0, 0.1) is 5.41 Å². The van der Waals surface area contributed by atoms with Crippen LogP contribution in [0.1, 0.15) is 27.2 Å². The summed E-state index contributed by atoms with van der Waals surface area (Å²) < 4.78 is 0. The minimum absolute atomic E-state index is 0. The largest absolute Gasteiger partial charge is 0.0804 e. The maximum absolute atomic E-state index is 2.26. The van der Waals surface area contributed by atoms with E-state index in [9.17, 15) is 0 Å². The molecule has 1 radical (unpaired) electrons. The Balaban J connectivity index is 0.000000810. The molecule has 0 fully saturated rings. The molecule has 0 saturated heterocycles. The first-order valence-electron chi connectivity index (χ1n) is 3.47. The smallest absolute Gasteiger partial charge is 0 e. The Bertz CT molecular complexity index is 158. The number of hydrogen-bond acceptors (Lipinski definition) is 0. The molecule has 0 N–H and O–H groups in total. The maximum Gasteiger partial charge on any atom is 0 e. The molecule has 0 heterocycles. The van der Waals surface area contributed by atoms with Crippen LogP contribution in [0.2, 0.25) is 0 Å². The van der Waals surface area contributed by atoms with E-state index in [0.717, 1.165) is 6.42 Å². The van der Waals surface area contributed by atoms with Gasteiger partial charge in [-0.2, -0.15) is 0 Å². The van der Waals surface area contributed by atoms with Crippen molar-refractivity contribution in [1.82, 2.24) is 0 Å². The fraction of sp³-hybridized carbons (Fsp3) is 0.556. The van der Waals surface area contributed by atoms with E-state index >= 15 is 0 Å². The van der Waals surface area contributed by atoms with Gasteiger partial charge in [-0.25, -0.2) is 0 Å². The normalized spacial score (nSPS) is 16.5. The quantitative estimate of drug-likeness (QED) is 0.459. The van der Waals surface area contributed by atoms with E-state index < -0.39 is 0 Å². The predicted octanol–water partition coefficient (Wildman–Crippen LogP) is 2.54. The van der Waals surface area contributed by atoms with E-state index in [-0.39, 0.29) is 29.6 Å². The summed E-state index contributed by atoms with van der Waals surface area (Å²) >= 11 is 0. The topological polar surface area (TPSA) is 0 Å². The van der Waals surface area contributed by atoms with Crippen LogP contribution in [-0.4, -0.2) is 29.6 Å². The molecule has 0 unspecified atom stereocenters. The van der Waals surface area contributed by atoms with Gasteiger partial charge in [0.15, 0.2) is 0 Å². The molecule has 0 saturated carbocycles. The second-order valence-electron chi connectivity index (χ2n) is 3.57. The summed E-state index contributed by atoms with van der Waals surface area (Å²) in [5, 5.41) is 0. The van der Waals surface area contributed by atoms with Crippen LogP contribution in [0.25, 0.3) is 0 Å². The average molecular weight is 145 g/mol. The van der Waals surface area contributed by atoms with E-state index in [4.69, 9.17) is 0 Å². The summed E-state index contributed by atoms with van der Waals surface area (Å²) in [5.41, 5.74) is 1.92. The average Bonchev–Trinajstić information content (AvgIpc) is 2.08. The van der Waals surface area contributed by atoms with Gasteiger partial charge in [0.25, 0.3) is 0 Å². The van der Waals surface area contributed by atoms with Gasteiger partial charge < -0.3 is 0 Å². The third-order valence-electron chi connectivity index (χ3n) is 1.73. The van der Waals surface area contributed by atoms with Crippen LogP contribution >= 0.6 is 0 Å². The van der Waals surface area contributed by atoms with Crippen LogP contribution < -0.4 is 0 Å². The fourth-order valence-corrected chi connectivity index (χ4v) is 1.00. The molecule has 0 amide bonds. The maximum atomic E-state index is 2.26. The van der Waals surface area contributed by atoms with Crippen molar-refractivity contribution in [1.29, 1.82) is 0 Å². The molecule has 1 rings (SSSR count). The SMILES string of the molecule is CC(C)(C)C1=CC=CC1.[Na]. The number of hydrogen-bond donors (Lipinski definition) is 0. The van der Waals surface area contributed by atoms with E-state index in [1.165, 1.54) is 0 Å². The second kappa shape index (κ2) is 3.75. The van der Waals surface area contributed by atoms with Gasteiger partial charge in [0.05, 0.1) is 0 Å². The first-order chi connectivity index (χ1) is 4.11. The Morgan fingerprint density at radius 2 is 1.90 bits per heavy atom. The molecule has 1 heteroatoms. The molecular weight excluding hydrogens is 131 g/mol. The van der Waals surface area contributed by atoms with Crippen molar-refractivity contribution < 1.29 is 0 Å². The molecule has 0 aromatic rings. The molecule has 0 nitrogen and oxygen atoms in total. The van der Waals surface area contributed by atoms with Crippen molar-refractivity contribution in [2.24, 2.45) is 5.41 Å². The Labute approximate surface area is 85.7 Å². The molecule has 0 atom stereocenters. The zero-order valence-corrected chi connectivity index (χ0v) is 9.44. The molecule has 1 aliphatic rings. The minimum Gasteiger partial charge on any atom is -0.0804 e. The summed E-state index contributed by atoms with van der Waals surface area (Å²) in [6.45, 7) is 6.77. The third-order valence-corrected chi connectivity index (χ3v) is 1.73. The predicted molar refractivity (Wildman–Crippen MR) is 47.0 cm³/mol. The summed E-state index contributed by atoms with van der Waals surface area (Å²) in [4.78, 5) is 0. The van der Waals surface area contributed by atoms with Gasteiger partial charge in [-0.3, -0.25) is 0 Å². The van der Waals surface area contributed by atoms with Gasteiger partial charge in [-0.15, -0.1) is 0 Å². The molecule has 0 aliphatic heterocycles. The first kappa shape index (κ1) is 10.5. The molecule has 0 spiro atoms. The molecule has 51 valence electrons. The molecule has 10 heavy (non-hydrogen) atoms. The van der Waals surface area contributed by atoms with E-state index in [0.29, 0.717) is 5.41 Å². The number of rotatable bonds is 0. The van der Waals surface area contributed by atoms with Crippen molar-refractivity contribution in [2.45, 2.75) is 27.2 Å². The third kappa shape index (κ3) is 2.61. The second-order valence-corrected chi connectivity index (χ2v) is 3.57. The van der Waals surface area contributed by atoms with Crippen LogP contribution in [-0.2, 0) is 0 Å². The number of allylic oxidation sites excluding steroid dienone is 4. The van der Waals surface area contributed by atoms with E-state index in [1.807, 2.05) is 0 Å². The van der Waals surface area contributed by atoms with Crippen molar-refractivity contribution in [3.8, 4) is 0 Å². The van der Waals surface area contributed by atoms with Gasteiger partial charge in [0.2, 0.25) is 0 Å². The molecule has 0 aromatic carbocycles. The molecule has 1 aliphatic carbocycles. The van der Waals surface area contributed by atoms with Crippen LogP contribution in [0.5, 0.6) is 0 Å². The van der Waals surface area contributed by atoms with Crippen LogP contribution in [0.3, 0.4) is 0 Å².